The molecule has 0 amide bonds. The predicted octanol–water partition coefficient (Wildman–Crippen LogP) is 4.55. The van der Waals surface area contributed by atoms with Gasteiger partial charge in [-0.05, 0) is 53.0 Å². The first-order chi connectivity index (χ1) is 9.51. The Morgan fingerprint density at radius 2 is 2.15 bits per heavy atom. The fourth-order valence-electron chi connectivity index (χ4n) is 1.95. The molecule has 2 rings (SSSR count). The van der Waals surface area contributed by atoms with Crippen LogP contribution in [0.1, 0.15) is 43.7 Å². The van der Waals surface area contributed by atoms with Crippen LogP contribution in [0.25, 0.3) is 0 Å². The van der Waals surface area contributed by atoms with Gasteiger partial charge in [0.2, 0.25) is 0 Å². The summed E-state index contributed by atoms with van der Waals surface area (Å²) in [7, 11) is 0. The van der Waals surface area contributed by atoms with Crippen LogP contribution in [0.5, 0.6) is 0 Å². The second-order valence-corrected chi connectivity index (χ2v) is 6.20. The van der Waals surface area contributed by atoms with Crippen molar-refractivity contribution in [2.24, 2.45) is 0 Å². The Balaban J connectivity index is 2.09. The number of aliphatic hydroxyl groups is 1. The van der Waals surface area contributed by atoms with Crippen molar-refractivity contribution < 1.29 is 5.11 Å². The molecule has 1 aromatic carbocycles. The van der Waals surface area contributed by atoms with Crippen LogP contribution in [0.4, 0.5) is 0 Å². The number of aliphatic hydroxyl groups excluding tert-OH is 1. The van der Waals surface area contributed by atoms with Gasteiger partial charge in [0.25, 0.3) is 0 Å². The van der Waals surface area contributed by atoms with Crippen molar-refractivity contribution in [3.8, 4) is 0 Å². The third kappa shape index (κ3) is 3.62. The molecule has 2 aromatic rings. The number of hydrogen-bond acceptors (Lipinski definition) is 2. The molecule has 0 saturated heterocycles. The normalized spacial score (nSPS) is 14.2. The second-order valence-electron chi connectivity index (χ2n) is 4.94. The summed E-state index contributed by atoms with van der Waals surface area (Å²) in [5, 5.41) is 15.4. The van der Waals surface area contributed by atoms with Crippen LogP contribution >= 0.6 is 27.5 Å². The summed E-state index contributed by atoms with van der Waals surface area (Å²) in [6.45, 7) is 4.26. The quantitative estimate of drug-likeness (QED) is 0.852. The zero-order chi connectivity index (χ0) is 14.7. The predicted molar refractivity (Wildman–Crippen MR) is 85.0 cm³/mol. The van der Waals surface area contributed by atoms with Gasteiger partial charge in [0.05, 0.1) is 16.8 Å². The molecule has 20 heavy (non-hydrogen) atoms. The van der Waals surface area contributed by atoms with Gasteiger partial charge in [-0.25, -0.2) is 0 Å². The summed E-state index contributed by atoms with van der Waals surface area (Å²) in [6, 6.07) is 7.80. The lowest BCUT2D eigenvalue weighted by molar-refractivity contribution is 0.176. The first-order valence-corrected chi connectivity index (χ1v) is 7.85. The molecule has 0 fully saturated rings. The fourth-order valence-corrected chi connectivity index (χ4v) is 2.47. The van der Waals surface area contributed by atoms with Gasteiger partial charge in [0.1, 0.15) is 0 Å². The van der Waals surface area contributed by atoms with E-state index in [9.17, 15) is 5.11 Å². The van der Waals surface area contributed by atoms with Crippen molar-refractivity contribution >= 4 is 27.5 Å². The minimum Gasteiger partial charge on any atom is -0.388 e. The highest BCUT2D eigenvalue weighted by molar-refractivity contribution is 9.10. The lowest BCUT2D eigenvalue weighted by Gasteiger charge is -2.11. The van der Waals surface area contributed by atoms with E-state index in [0.29, 0.717) is 17.5 Å². The second kappa shape index (κ2) is 6.74. The van der Waals surface area contributed by atoms with E-state index in [1.807, 2.05) is 29.1 Å². The molecule has 0 aliphatic heterocycles. The number of hydrogen-bond donors (Lipinski definition) is 1. The standard InChI is InChI=1S/C15H18BrClN2O/c1-3-10(2)19-7-6-12(18-19)9-15(20)11-4-5-14(17)13(16)8-11/h4-8,10,15,20H,3,9H2,1-2H3. The number of halogens is 2. The highest BCUT2D eigenvalue weighted by atomic mass is 79.9. The molecule has 108 valence electrons. The molecule has 0 saturated carbocycles. The number of benzene rings is 1. The molecule has 1 aromatic heterocycles. The third-order valence-corrected chi connectivity index (χ3v) is 4.65. The van der Waals surface area contributed by atoms with E-state index in [-0.39, 0.29) is 0 Å². The molecule has 3 nitrogen and oxygen atoms in total. The minimum absolute atomic E-state index is 0.380. The lowest BCUT2D eigenvalue weighted by Crippen LogP contribution is -2.07. The van der Waals surface area contributed by atoms with Crippen molar-refractivity contribution in [2.45, 2.75) is 38.8 Å². The van der Waals surface area contributed by atoms with Gasteiger partial charge in [-0.2, -0.15) is 5.10 Å². The molecule has 5 heteroatoms. The van der Waals surface area contributed by atoms with E-state index in [2.05, 4.69) is 34.9 Å². The summed E-state index contributed by atoms with van der Waals surface area (Å²) >= 11 is 9.32. The highest BCUT2D eigenvalue weighted by Gasteiger charge is 2.13. The van der Waals surface area contributed by atoms with Crippen molar-refractivity contribution in [1.29, 1.82) is 0 Å². The molecule has 0 aliphatic carbocycles. The summed E-state index contributed by atoms with van der Waals surface area (Å²) in [6.07, 6.45) is 2.92. The molecule has 0 radical (unpaired) electrons. The van der Waals surface area contributed by atoms with Crippen molar-refractivity contribution in [1.82, 2.24) is 9.78 Å². The zero-order valence-corrected chi connectivity index (χ0v) is 13.9. The molecular weight excluding hydrogens is 340 g/mol. The van der Waals surface area contributed by atoms with Gasteiger partial charge < -0.3 is 5.11 Å². The maximum atomic E-state index is 10.3. The fraction of sp³-hybridized carbons (Fsp3) is 0.400. The summed E-state index contributed by atoms with van der Waals surface area (Å²) in [5.41, 5.74) is 1.73. The zero-order valence-electron chi connectivity index (χ0n) is 11.6. The van der Waals surface area contributed by atoms with Crippen LogP contribution in [-0.4, -0.2) is 14.9 Å². The van der Waals surface area contributed by atoms with E-state index < -0.39 is 6.10 Å². The Hall–Kier alpha value is -0.840. The van der Waals surface area contributed by atoms with E-state index in [0.717, 1.165) is 22.2 Å². The Labute approximate surface area is 132 Å². The average molecular weight is 358 g/mol. The average Bonchev–Trinajstić information content (AvgIpc) is 2.89. The van der Waals surface area contributed by atoms with Crippen LogP contribution in [0.3, 0.4) is 0 Å². The Kier molecular flexibility index (Phi) is 5.24. The van der Waals surface area contributed by atoms with E-state index in [1.165, 1.54) is 0 Å². The number of nitrogens with zero attached hydrogens (tertiary/aromatic N) is 2. The molecule has 1 heterocycles. The third-order valence-electron chi connectivity index (χ3n) is 3.44. The molecular formula is C15H18BrClN2O. The van der Waals surface area contributed by atoms with Crippen molar-refractivity contribution in [3.63, 3.8) is 0 Å². The molecule has 0 aliphatic rings. The smallest absolute Gasteiger partial charge is 0.0846 e. The maximum absolute atomic E-state index is 10.3. The first kappa shape index (κ1) is 15.5. The SMILES string of the molecule is CCC(C)n1ccc(CC(O)c2ccc(Cl)c(Br)c2)n1. The largest absolute Gasteiger partial charge is 0.388 e. The van der Waals surface area contributed by atoms with Gasteiger partial charge in [-0.3, -0.25) is 4.68 Å². The molecule has 0 spiro atoms. The number of aromatic nitrogens is 2. The monoisotopic (exact) mass is 356 g/mol. The van der Waals surface area contributed by atoms with Gasteiger partial charge in [0, 0.05) is 23.1 Å². The molecule has 0 bridgehead atoms. The minimum atomic E-state index is -0.580. The topological polar surface area (TPSA) is 38.0 Å². The van der Waals surface area contributed by atoms with Crippen molar-refractivity contribution in [3.05, 3.63) is 51.2 Å². The van der Waals surface area contributed by atoms with Gasteiger partial charge in [-0.15, -0.1) is 0 Å². The van der Waals surface area contributed by atoms with Gasteiger partial charge in [-0.1, -0.05) is 24.6 Å². The van der Waals surface area contributed by atoms with Crippen LogP contribution in [-0.2, 0) is 6.42 Å². The summed E-state index contributed by atoms with van der Waals surface area (Å²) in [5.74, 6) is 0. The molecule has 2 unspecified atom stereocenters. The van der Waals surface area contributed by atoms with E-state index >= 15 is 0 Å². The lowest BCUT2D eigenvalue weighted by atomic mass is 10.1. The van der Waals surface area contributed by atoms with Crippen LogP contribution in [0.15, 0.2) is 34.9 Å². The first-order valence-electron chi connectivity index (χ1n) is 6.68. The number of rotatable bonds is 5. The molecule has 1 N–H and O–H groups in total. The maximum Gasteiger partial charge on any atom is 0.0846 e. The van der Waals surface area contributed by atoms with E-state index in [4.69, 9.17) is 11.6 Å². The van der Waals surface area contributed by atoms with Crippen molar-refractivity contribution in [2.75, 3.05) is 0 Å². The van der Waals surface area contributed by atoms with E-state index in [1.54, 1.807) is 6.07 Å². The Bertz CT molecular complexity index is 585. The highest BCUT2D eigenvalue weighted by Crippen LogP contribution is 2.27. The summed E-state index contributed by atoms with van der Waals surface area (Å²) < 4.78 is 2.74. The Morgan fingerprint density at radius 3 is 2.80 bits per heavy atom. The van der Waals surface area contributed by atoms with Crippen LogP contribution < -0.4 is 0 Å². The summed E-state index contributed by atoms with van der Waals surface area (Å²) in [4.78, 5) is 0. The van der Waals surface area contributed by atoms with Crippen LogP contribution in [0, 0.1) is 0 Å². The van der Waals surface area contributed by atoms with Gasteiger partial charge >= 0.3 is 0 Å². The van der Waals surface area contributed by atoms with Crippen LogP contribution in [0.2, 0.25) is 5.02 Å². The van der Waals surface area contributed by atoms with Gasteiger partial charge in [0.15, 0.2) is 0 Å². The molecule has 2 atom stereocenters. The Morgan fingerprint density at radius 1 is 1.40 bits per heavy atom.